The molecule has 4 heteroatoms. The lowest BCUT2D eigenvalue weighted by molar-refractivity contribution is 0.0995. The third-order valence-corrected chi connectivity index (χ3v) is 3.40. The minimum atomic E-state index is -0.129. The van der Waals surface area contributed by atoms with Crippen LogP contribution in [0.15, 0.2) is 22.7 Å². The fourth-order valence-electron chi connectivity index (χ4n) is 0.901. The molecule has 0 spiro atoms. The highest BCUT2D eigenvalue weighted by molar-refractivity contribution is 14.1. The molecule has 0 amide bonds. The summed E-state index contributed by atoms with van der Waals surface area (Å²) >= 11 is 8.77. The topological polar surface area (TPSA) is 17.1 Å². The van der Waals surface area contributed by atoms with Gasteiger partial charge in [0.15, 0.2) is 5.78 Å². The fraction of sp³-hybridized carbons (Fsp3) is 0.222. The zero-order valence-corrected chi connectivity index (χ0v) is 12.2. The highest BCUT2D eigenvalue weighted by Gasteiger charge is 2.14. The van der Waals surface area contributed by atoms with Crippen LogP contribution in [0, 0.1) is 3.57 Å². The van der Waals surface area contributed by atoms with E-state index in [9.17, 15) is 4.79 Å². The second kappa shape index (κ2) is 4.89. The maximum atomic E-state index is 11.6. The van der Waals surface area contributed by atoms with E-state index in [1.165, 1.54) is 0 Å². The van der Waals surface area contributed by atoms with E-state index in [4.69, 9.17) is 0 Å². The molecule has 1 aromatic rings. The van der Waals surface area contributed by atoms with Crippen molar-refractivity contribution in [3.8, 4) is 0 Å². The highest BCUT2D eigenvalue weighted by atomic mass is 127. The first-order chi connectivity index (χ1) is 6.02. The van der Waals surface area contributed by atoms with Gasteiger partial charge in [-0.3, -0.25) is 4.79 Å². The summed E-state index contributed by atoms with van der Waals surface area (Å²) < 4.78 is 1.92. The first kappa shape index (κ1) is 11.7. The molecule has 1 atom stereocenters. The van der Waals surface area contributed by atoms with E-state index < -0.39 is 0 Å². The predicted molar refractivity (Wildman–Crippen MR) is 69.6 cm³/mol. The monoisotopic (exact) mass is 416 g/mol. The van der Waals surface area contributed by atoms with Crippen molar-refractivity contribution in [1.82, 2.24) is 0 Å². The molecule has 0 N–H and O–H groups in total. The summed E-state index contributed by atoms with van der Waals surface area (Å²) in [4.78, 5) is 11.5. The van der Waals surface area contributed by atoms with E-state index in [-0.39, 0.29) is 10.6 Å². The Morgan fingerprint density at radius 2 is 2.15 bits per heavy atom. The Morgan fingerprint density at radius 1 is 1.54 bits per heavy atom. The van der Waals surface area contributed by atoms with E-state index >= 15 is 0 Å². The molecule has 0 heterocycles. The normalized spacial score (nSPS) is 12.6. The molecule has 0 fully saturated rings. The average Bonchev–Trinajstić information content (AvgIpc) is 2.08. The Hall–Kier alpha value is 0.580. The van der Waals surface area contributed by atoms with Gasteiger partial charge in [0, 0.05) is 13.6 Å². The van der Waals surface area contributed by atoms with Gasteiger partial charge >= 0.3 is 0 Å². The summed E-state index contributed by atoms with van der Waals surface area (Å²) in [5.74, 6) is 0.116. The minimum Gasteiger partial charge on any atom is -0.293 e. The highest BCUT2D eigenvalue weighted by Crippen LogP contribution is 2.21. The lowest BCUT2D eigenvalue weighted by Crippen LogP contribution is -2.11. The quantitative estimate of drug-likeness (QED) is 0.403. The molecule has 0 aliphatic heterocycles. The largest absolute Gasteiger partial charge is 0.293 e. The number of halogens is 3. The van der Waals surface area contributed by atoms with E-state index in [0.717, 1.165) is 13.6 Å². The lowest BCUT2D eigenvalue weighted by atomic mass is 10.1. The van der Waals surface area contributed by atoms with E-state index in [1.54, 1.807) is 0 Å². The van der Waals surface area contributed by atoms with Crippen molar-refractivity contribution in [2.45, 2.75) is 11.8 Å². The number of benzene rings is 1. The van der Waals surface area contributed by atoms with Crippen molar-refractivity contribution in [1.29, 1.82) is 0 Å². The predicted octanol–water partition coefficient (Wildman–Crippen LogP) is 4.02. The first-order valence-corrected chi connectivity index (χ1v) is 6.44. The van der Waals surface area contributed by atoms with Crippen molar-refractivity contribution in [3.63, 3.8) is 0 Å². The molecule has 0 aliphatic rings. The molecule has 1 unspecified atom stereocenters. The van der Waals surface area contributed by atoms with Crippen molar-refractivity contribution in [3.05, 3.63) is 31.8 Å². The van der Waals surface area contributed by atoms with Crippen LogP contribution >= 0.6 is 54.5 Å². The Kier molecular flexibility index (Phi) is 4.38. The Bertz CT molecular complexity index is 336. The second-order valence-corrected chi connectivity index (χ2v) is 6.06. The van der Waals surface area contributed by atoms with Gasteiger partial charge in [-0.15, -0.1) is 0 Å². The summed E-state index contributed by atoms with van der Waals surface area (Å²) in [5.41, 5.74) is 0.763. The van der Waals surface area contributed by atoms with Gasteiger partial charge in [-0.25, -0.2) is 0 Å². The first-order valence-electron chi connectivity index (χ1n) is 3.65. The molecule has 0 saturated carbocycles. The second-order valence-electron chi connectivity index (χ2n) is 2.60. The van der Waals surface area contributed by atoms with Crippen LogP contribution in [-0.2, 0) is 0 Å². The van der Waals surface area contributed by atoms with Crippen LogP contribution in [0.3, 0.4) is 0 Å². The maximum Gasteiger partial charge on any atom is 0.177 e. The molecule has 0 aromatic heterocycles. The van der Waals surface area contributed by atoms with Crippen molar-refractivity contribution >= 4 is 60.2 Å². The van der Waals surface area contributed by atoms with Crippen LogP contribution in [0.2, 0.25) is 0 Å². The number of Topliss-reactive ketones (excluding diaryl/α,β-unsaturated/α-hetero) is 1. The Balaban J connectivity index is 3.13. The van der Waals surface area contributed by atoms with Gasteiger partial charge in [-0.1, -0.05) is 31.9 Å². The zero-order valence-electron chi connectivity index (χ0n) is 6.85. The number of carbonyl (C=O) groups excluding carboxylic acids is 1. The molecular weight excluding hydrogens is 411 g/mol. The van der Waals surface area contributed by atoms with E-state index in [2.05, 4.69) is 54.5 Å². The fourth-order valence-corrected chi connectivity index (χ4v) is 2.11. The third kappa shape index (κ3) is 3.02. The molecule has 0 aliphatic carbocycles. The van der Waals surface area contributed by atoms with Crippen molar-refractivity contribution in [2.24, 2.45) is 0 Å². The van der Waals surface area contributed by atoms with Gasteiger partial charge in [0.05, 0.1) is 4.83 Å². The summed E-state index contributed by atoms with van der Waals surface area (Å²) in [7, 11) is 0. The molecule has 1 aromatic carbocycles. The van der Waals surface area contributed by atoms with Crippen LogP contribution in [-0.4, -0.2) is 10.6 Å². The lowest BCUT2D eigenvalue weighted by Gasteiger charge is -2.05. The number of hydrogen-bond donors (Lipinski definition) is 0. The standard InChI is InChI=1S/C9H7Br2IO/c1-5(10)9(13)7-4-6(11)2-3-8(7)12/h2-5H,1H3. The third-order valence-electron chi connectivity index (χ3n) is 1.56. The molecular formula is C9H7Br2IO. The van der Waals surface area contributed by atoms with Crippen LogP contribution in [0.1, 0.15) is 17.3 Å². The summed E-state index contributed by atoms with van der Waals surface area (Å²) in [6, 6.07) is 5.70. The average molecular weight is 418 g/mol. The van der Waals surface area contributed by atoms with Crippen molar-refractivity contribution < 1.29 is 4.79 Å². The Labute approximate surface area is 108 Å². The van der Waals surface area contributed by atoms with Gasteiger partial charge in [0.25, 0.3) is 0 Å². The van der Waals surface area contributed by atoms with Gasteiger partial charge in [0.1, 0.15) is 0 Å². The van der Waals surface area contributed by atoms with Crippen LogP contribution in [0.5, 0.6) is 0 Å². The number of hydrogen-bond acceptors (Lipinski definition) is 1. The van der Waals surface area contributed by atoms with Crippen LogP contribution < -0.4 is 0 Å². The number of ketones is 1. The van der Waals surface area contributed by atoms with Crippen LogP contribution in [0.25, 0.3) is 0 Å². The molecule has 13 heavy (non-hydrogen) atoms. The summed E-state index contributed by atoms with van der Waals surface area (Å²) in [5, 5.41) is 0. The minimum absolute atomic E-state index is 0.116. The molecule has 0 radical (unpaired) electrons. The number of carbonyl (C=O) groups is 1. The molecule has 1 nitrogen and oxygen atoms in total. The molecule has 70 valence electrons. The number of alkyl halides is 1. The smallest absolute Gasteiger partial charge is 0.177 e. The molecule has 1 rings (SSSR count). The molecule has 0 saturated heterocycles. The number of rotatable bonds is 2. The van der Waals surface area contributed by atoms with Gasteiger partial charge < -0.3 is 0 Å². The van der Waals surface area contributed by atoms with Gasteiger partial charge in [-0.05, 0) is 47.7 Å². The van der Waals surface area contributed by atoms with E-state index in [1.807, 2.05) is 25.1 Å². The summed E-state index contributed by atoms with van der Waals surface area (Å²) in [6.45, 7) is 1.83. The van der Waals surface area contributed by atoms with Crippen molar-refractivity contribution in [2.75, 3.05) is 0 Å². The van der Waals surface area contributed by atoms with Gasteiger partial charge in [0.2, 0.25) is 0 Å². The maximum absolute atomic E-state index is 11.6. The summed E-state index contributed by atoms with van der Waals surface area (Å²) in [6.07, 6.45) is 0. The van der Waals surface area contributed by atoms with Crippen LogP contribution in [0.4, 0.5) is 0 Å². The van der Waals surface area contributed by atoms with E-state index in [0.29, 0.717) is 0 Å². The van der Waals surface area contributed by atoms with Gasteiger partial charge in [-0.2, -0.15) is 0 Å². The SMILES string of the molecule is CC(Br)C(=O)c1cc(Br)ccc1I. The zero-order chi connectivity index (χ0) is 10.0. The molecule has 0 bridgehead atoms. The Morgan fingerprint density at radius 3 is 2.69 bits per heavy atom.